The number of hydrogen-bond donors (Lipinski definition) is 0. The van der Waals surface area contributed by atoms with Gasteiger partial charge in [-0.25, -0.2) is 0 Å². The summed E-state index contributed by atoms with van der Waals surface area (Å²) in [4.78, 5) is 2.35. The Kier molecular flexibility index (Phi) is 9.21. The van der Waals surface area contributed by atoms with Crippen LogP contribution in [-0.2, 0) is 5.41 Å². The van der Waals surface area contributed by atoms with Crippen LogP contribution in [0.15, 0.2) is 243 Å². The molecule has 0 amide bonds. The van der Waals surface area contributed by atoms with Crippen molar-refractivity contribution >= 4 is 38.9 Å². The van der Waals surface area contributed by atoms with Gasteiger partial charge in [0, 0.05) is 38.9 Å². The summed E-state index contributed by atoms with van der Waals surface area (Å²) in [6.07, 6.45) is 0. The van der Waals surface area contributed by atoms with Crippen LogP contribution in [0.4, 0.5) is 17.1 Å². The van der Waals surface area contributed by atoms with Gasteiger partial charge >= 0.3 is 0 Å². The highest BCUT2D eigenvalue weighted by Crippen LogP contribution is 2.49. The lowest BCUT2D eigenvalue weighted by molar-refractivity contribution is 0.660. The topological polar surface area (TPSA) is 8.17 Å². The lowest BCUT2D eigenvalue weighted by Crippen LogP contribution is -2.14. The van der Waals surface area contributed by atoms with E-state index in [1.165, 1.54) is 94.3 Å². The fourth-order valence-corrected chi connectivity index (χ4v) is 10.3. The van der Waals surface area contributed by atoms with Crippen molar-refractivity contribution in [2.75, 3.05) is 4.90 Å². The van der Waals surface area contributed by atoms with E-state index < -0.39 is 0 Å². The minimum atomic E-state index is -0.0344. The van der Waals surface area contributed by atoms with E-state index >= 15 is 0 Å². The predicted octanol–water partition coefficient (Wildman–Crippen LogP) is 17.2. The molecule has 1 aliphatic carbocycles. The lowest BCUT2D eigenvalue weighted by atomic mass is 9.82. The molecule has 0 atom stereocenters. The van der Waals surface area contributed by atoms with Crippen LogP contribution in [0.3, 0.4) is 0 Å². The Bertz CT molecular complexity index is 3440. The third-order valence-electron chi connectivity index (χ3n) is 13.6. The largest absolute Gasteiger partial charge is 0.311 e. The average Bonchev–Trinajstić information content (AvgIpc) is 3.82. The number of para-hydroxylation sites is 1. The van der Waals surface area contributed by atoms with Crippen molar-refractivity contribution in [3.8, 4) is 61.3 Å². The first kappa shape index (κ1) is 38.5. The molecule has 0 fully saturated rings. The molecule has 0 saturated carbocycles. The average molecular weight is 831 g/mol. The molecule has 1 aliphatic rings. The highest BCUT2D eigenvalue weighted by atomic mass is 15.1. The van der Waals surface area contributed by atoms with Crippen molar-refractivity contribution in [1.29, 1.82) is 0 Å². The third-order valence-corrected chi connectivity index (χ3v) is 13.6. The smallest absolute Gasteiger partial charge is 0.0547 e. The second kappa shape index (κ2) is 15.6. The van der Waals surface area contributed by atoms with Gasteiger partial charge in [0.25, 0.3) is 0 Å². The fourth-order valence-electron chi connectivity index (χ4n) is 10.3. The lowest BCUT2D eigenvalue weighted by Gasteiger charge is -2.26. The normalized spacial score (nSPS) is 12.6. The molecule has 0 spiro atoms. The van der Waals surface area contributed by atoms with Crippen molar-refractivity contribution in [3.63, 3.8) is 0 Å². The van der Waals surface area contributed by atoms with Gasteiger partial charge in [0.05, 0.1) is 11.0 Å². The summed E-state index contributed by atoms with van der Waals surface area (Å²) >= 11 is 0. The molecule has 0 unspecified atom stereocenters. The van der Waals surface area contributed by atoms with Crippen LogP contribution in [0.1, 0.15) is 25.0 Å². The van der Waals surface area contributed by atoms with E-state index in [-0.39, 0.29) is 5.41 Å². The van der Waals surface area contributed by atoms with Gasteiger partial charge in [-0.05, 0) is 133 Å². The molecular formula is C63H46N2. The second-order valence-electron chi connectivity index (χ2n) is 17.8. The summed E-state index contributed by atoms with van der Waals surface area (Å²) in [5, 5.41) is 2.52. The fraction of sp³-hybridized carbons (Fsp3) is 0.0476. The number of aromatic nitrogens is 1. The van der Waals surface area contributed by atoms with Crippen LogP contribution in [0, 0.1) is 0 Å². The van der Waals surface area contributed by atoms with Crippen molar-refractivity contribution < 1.29 is 0 Å². The number of benzene rings is 10. The van der Waals surface area contributed by atoms with E-state index in [0.29, 0.717) is 0 Å². The molecule has 1 heterocycles. The monoisotopic (exact) mass is 830 g/mol. The molecule has 0 radical (unpaired) electrons. The minimum absolute atomic E-state index is 0.0344. The molecule has 10 aromatic carbocycles. The van der Waals surface area contributed by atoms with Gasteiger partial charge in [0.15, 0.2) is 0 Å². The highest BCUT2D eigenvalue weighted by molar-refractivity contribution is 6.10. The molecule has 0 aliphatic heterocycles. The maximum atomic E-state index is 2.46. The molecule has 11 aromatic rings. The van der Waals surface area contributed by atoms with Gasteiger partial charge in [-0.1, -0.05) is 190 Å². The van der Waals surface area contributed by atoms with Crippen LogP contribution in [0.2, 0.25) is 0 Å². The molecule has 2 nitrogen and oxygen atoms in total. The zero-order chi connectivity index (χ0) is 43.5. The summed E-state index contributed by atoms with van der Waals surface area (Å²) in [5.41, 5.74) is 21.9. The third kappa shape index (κ3) is 6.65. The van der Waals surface area contributed by atoms with E-state index in [1.807, 2.05) is 0 Å². The molecule has 65 heavy (non-hydrogen) atoms. The van der Waals surface area contributed by atoms with E-state index in [2.05, 4.69) is 266 Å². The summed E-state index contributed by atoms with van der Waals surface area (Å²) in [5.74, 6) is 0. The molecule has 0 N–H and O–H groups in total. The molecular weight excluding hydrogens is 785 g/mol. The van der Waals surface area contributed by atoms with E-state index in [9.17, 15) is 0 Å². The minimum Gasteiger partial charge on any atom is -0.311 e. The molecule has 0 saturated heterocycles. The van der Waals surface area contributed by atoms with Crippen LogP contribution < -0.4 is 4.90 Å². The van der Waals surface area contributed by atoms with Crippen LogP contribution in [0.25, 0.3) is 83.1 Å². The number of nitrogens with zero attached hydrogens (tertiary/aromatic N) is 2. The zero-order valence-corrected chi connectivity index (χ0v) is 36.5. The molecule has 308 valence electrons. The van der Waals surface area contributed by atoms with E-state index in [4.69, 9.17) is 0 Å². The molecule has 0 bridgehead atoms. The van der Waals surface area contributed by atoms with Crippen molar-refractivity contribution in [2.45, 2.75) is 19.3 Å². The van der Waals surface area contributed by atoms with Crippen LogP contribution in [0.5, 0.6) is 0 Å². The quantitative estimate of drug-likeness (QED) is 0.148. The van der Waals surface area contributed by atoms with Crippen molar-refractivity contribution in [2.24, 2.45) is 0 Å². The Hall–Kier alpha value is -8.20. The maximum Gasteiger partial charge on any atom is 0.0547 e. The number of hydrogen-bond acceptors (Lipinski definition) is 1. The molecule has 12 rings (SSSR count). The summed E-state index contributed by atoms with van der Waals surface area (Å²) in [6.45, 7) is 4.69. The standard InChI is InChI=1S/C63H46N2/c1-63(2)59-22-11-9-20-55(59)58-42-54(37-39-60(58)63)65-61-23-12-10-21-56(61)57-38-30-50(41-62(57)65)49-19-13-18-48(40-49)47-28-35-53(36-29-47)64(51-31-24-45(25-32-51)43-14-5-3-6-15-43)52-33-26-46(27-34-52)44-16-7-4-8-17-44/h3-42H,1-2H3. The van der Waals surface area contributed by atoms with Gasteiger partial charge in [-0.3, -0.25) is 0 Å². The Morgan fingerprint density at radius 2 is 0.754 bits per heavy atom. The van der Waals surface area contributed by atoms with Gasteiger partial charge < -0.3 is 9.47 Å². The number of rotatable bonds is 8. The van der Waals surface area contributed by atoms with Gasteiger partial charge in [0.1, 0.15) is 0 Å². The van der Waals surface area contributed by atoms with Gasteiger partial charge in [-0.2, -0.15) is 0 Å². The molecule has 1 aromatic heterocycles. The van der Waals surface area contributed by atoms with Gasteiger partial charge in [0.2, 0.25) is 0 Å². The number of anilines is 3. The number of fused-ring (bicyclic) bond motifs is 6. The highest BCUT2D eigenvalue weighted by Gasteiger charge is 2.35. The first-order chi connectivity index (χ1) is 32.0. The SMILES string of the molecule is CC1(C)c2ccccc2-c2cc(-n3c4ccccc4c4ccc(-c5cccc(-c6ccc(N(c7ccc(-c8ccccc8)cc7)c7ccc(-c8ccccc8)cc7)cc6)c5)cc43)ccc21. The predicted molar refractivity (Wildman–Crippen MR) is 275 cm³/mol. The Balaban J connectivity index is 0.900. The summed E-state index contributed by atoms with van der Waals surface area (Å²) in [6, 6.07) is 88.7. The van der Waals surface area contributed by atoms with Crippen LogP contribution >= 0.6 is 0 Å². The van der Waals surface area contributed by atoms with E-state index in [0.717, 1.165) is 17.1 Å². The Morgan fingerprint density at radius 3 is 1.38 bits per heavy atom. The Labute approximate surface area is 381 Å². The first-order valence-electron chi connectivity index (χ1n) is 22.6. The van der Waals surface area contributed by atoms with E-state index in [1.54, 1.807) is 0 Å². The van der Waals surface area contributed by atoms with Crippen molar-refractivity contribution in [3.05, 3.63) is 254 Å². The summed E-state index contributed by atoms with van der Waals surface area (Å²) in [7, 11) is 0. The van der Waals surface area contributed by atoms with Crippen molar-refractivity contribution in [1.82, 2.24) is 4.57 Å². The first-order valence-corrected chi connectivity index (χ1v) is 22.6. The van der Waals surface area contributed by atoms with Gasteiger partial charge in [-0.15, -0.1) is 0 Å². The Morgan fingerprint density at radius 1 is 0.308 bits per heavy atom. The second-order valence-corrected chi connectivity index (χ2v) is 17.8. The maximum absolute atomic E-state index is 2.46. The summed E-state index contributed by atoms with van der Waals surface area (Å²) < 4.78 is 2.46. The zero-order valence-electron chi connectivity index (χ0n) is 36.5. The molecule has 2 heteroatoms. The van der Waals surface area contributed by atoms with Crippen LogP contribution in [-0.4, -0.2) is 4.57 Å².